The van der Waals surface area contributed by atoms with Crippen LogP contribution in [-0.4, -0.2) is 12.4 Å². The maximum Gasteiger partial charge on any atom is 0.416 e. The lowest BCUT2D eigenvalue weighted by molar-refractivity contribution is -0.137. The lowest BCUT2D eigenvalue weighted by atomic mass is 9.95. The normalized spacial score (nSPS) is 13.5. The molecule has 5 heteroatoms. The number of halogens is 4. The molecule has 0 bridgehead atoms. The quantitative estimate of drug-likeness (QED) is 0.738. The predicted octanol–water partition coefficient (Wildman–Crippen LogP) is 4.60. The summed E-state index contributed by atoms with van der Waals surface area (Å²) in [5, 5.41) is 0.744. The van der Waals surface area contributed by atoms with Crippen LogP contribution in [0.15, 0.2) is 18.2 Å². The van der Waals surface area contributed by atoms with Gasteiger partial charge < -0.3 is 4.74 Å². The van der Waals surface area contributed by atoms with Crippen LogP contribution < -0.4 is 4.74 Å². The van der Waals surface area contributed by atoms with Crippen molar-refractivity contribution in [2.24, 2.45) is 0 Å². The summed E-state index contributed by atoms with van der Waals surface area (Å²) in [4.78, 5) is 0. The highest BCUT2D eigenvalue weighted by molar-refractivity contribution is 9.09. The third-order valence-electron chi connectivity index (χ3n) is 2.63. The van der Waals surface area contributed by atoms with E-state index >= 15 is 0 Å². The molecule has 0 aromatic heterocycles. The van der Waals surface area contributed by atoms with Gasteiger partial charge in [-0.3, -0.25) is 0 Å². The van der Waals surface area contributed by atoms with Gasteiger partial charge in [-0.05, 0) is 36.1 Å². The Labute approximate surface area is 107 Å². The zero-order chi connectivity index (χ0) is 13.1. The zero-order valence-corrected chi connectivity index (χ0v) is 11.2. The highest BCUT2D eigenvalue weighted by Gasteiger charge is 2.31. The number of benzene rings is 1. The minimum atomic E-state index is -4.31. The van der Waals surface area contributed by atoms with Crippen molar-refractivity contribution in [2.45, 2.75) is 25.4 Å². The molecule has 0 saturated carbocycles. The van der Waals surface area contributed by atoms with E-state index in [1.807, 2.05) is 6.92 Å². The maximum atomic E-state index is 12.6. The minimum absolute atomic E-state index is 0.0200. The molecule has 1 nitrogen and oxygen atoms in total. The van der Waals surface area contributed by atoms with Gasteiger partial charge in [0.2, 0.25) is 0 Å². The van der Waals surface area contributed by atoms with Gasteiger partial charge in [0.15, 0.2) is 0 Å². The molecule has 0 N–H and O–H groups in total. The first-order chi connectivity index (χ1) is 7.90. The van der Waals surface area contributed by atoms with Crippen molar-refractivity contribution in [1.29, 1.82) is 0 Å². The molecule has 0 heterocycles. The topological polar surface area (TPSA) is 9.23 Å². The van der Waals surface area contributed by atoms with Gasteiger partial charge >= 0.3 is 6.18 Å². The van der Waals surface area contributed by atoms with Crippen molar-refractivity contribution in [3.05, 3.63) is 29.3 Å². The Hall–Kier alpha value is -0.710. The third kappa shape index (κ3) is 3.63. The largest absolute Gasteiger partial charge is 0.496 e. The van der Waals surface area contributed by atoms with E-state index in [2.05, 4.69) is 15.9 Å². The van der Waals surface area contributed by atoms with Gasteiger partial charge in [0.25, 0.3) is 0 Å². The highest BCUT2D eigenvalue weighted by Crippen LogP contribution is 2.36. The molecule has 1 atom stereocenters. The van der Waals surface area contributed by atoms with Crippen molar-refractivity contribution in [1.82, 2.24) is 0 Å². The third-order valence-corrected chi connectivity index (χ3v) is 3.09. The summed E-state index contributed by atoms with van der Waals surface area (Å²) in [6, 6.07) is 3.60. The van der Waals surface area contributed by atoms with Crippen LogP contribution in [0.2, 0.25) is 0 Å². The Balaban J connectivity index is 3.15. The molecule has 1 unspecified atom stereocenters. The van der Waals surface area contributed by atoms with E-state index in [-0.39, 0.29) is 5.92 Å². The second kappa shape index (κ2) is 5.76. The predicted molar refractivity (Wildman–Crippen MR) is 64.8 cm³/mol. The molecule has 0 amide bonds. The van der Waals surface area contributed by atoms with Crippen molar-refractivity contribution in [3.8, 4) is 5.75 Å². The summed E-state index contributed by atoms with van der Waals surface area (Å²) < 4.78 is 42.9. The van der Waals surface area contributed by atoms with Crippen LogP contribution in [0.4, 0.5) is 13.2 Å². The number of methoxy groups -OCH3 is 1. The first-order valence-corrected chi connectivity index (χ1v) is 6.33. The van der Waals surface area contributed by atoms with Crippen molar-refractivity contribution in [3.63, 3.8) is 0 Å². The second-order valence-electron chi connectivity index (χ2n) is 3.83. The number of alkyl halides is 4. The molecule has 17 heavy (non-hydrogen) atoms. The molecule has 0 spiro atoms. The van der Waals surface area contributed by atoms with Gasteiger partial charge in [-0.2, -0.15) is 13.2 Å². The summed E-state index contributed by atoms with van der Waals surface area (Å²) in [6.07, 6.45) is -3.55. The van der Waals surface area contributed by atoms with Gasteiger partial charge in [-0.15, -0.1) is 0 Å². The Morgan fingerprint density at radius 1 is 1.35 bits per heavy atom. The molecule has 0 aliphatic carbocycles. The van der Waals surface area contributed by atoms with Crippen LogP contribution in [0, 0.1) is 0 Å². The number of hydrogen-bond acceptors (Lipinski definition) is 1. The minimum Gasteiger partial charge on any atom is -0.496 e. The van der Waals surface area contributed by atoms with Crippen LogP contribution >= 0.6 is 15.9 Å². The fraction of sp³-hybridized carbons (Fsp3) is 0.500. The summed E-state index contributed by atoms with van der Waals surface area (Å²) in [6.45, 7) is 1.89. The zero-order valence-electron chi connectivity index (χ0n) is 9.64. The molecule has 1 aromatic carbocycles. The Kier molecular flexibility index (Phi) is 4.86. The molecule has 1 rings (SSSR count). The van der Waals surface area contributed by atoms with E-state index in [1.54, 1.807) is 0 Å². The van der Waals surface area contributed by atoms with Crippen molar-refractivity contribution < 1.29 is 17.9 Å². The van der Waals surface area contributed by atoms with E-state index in [9.17, 15) is 13.2 Å². The maximum absolute atomic E-state index is 12.6. The van der Waals surface area contributed by atoms with Crippen LogP contribution in [0.25, 0.3) is 0 Å². The van der Waals surface area contributed by atoms with Gasteiger partial charge in [0, 0.05) is 5.33 Å². The molecule has 96 valence electrons. The Morgan fingerprint density at radius 2 is 2.00 bits per heavy atom. The molecule has 0 saturated heterocycles. The van der Waals surface area contributed by atoms with Crippen LogP contribution in [0.3, 0.4) is 0 Å². The highest BCUT2D eigenvalue weighted by atomic mass is 79.9. The lowest BCUT2D eigenvalue weighted by Gasteiger charge is -2.17. The molecule has 0 radical (unpaired) electrons. The SMILES string of the molecule is COc1ccc(C(F)(F)F)cc1C(C)CCBr. The van der Waals surface area contributed by atoms with E-state index in [4.69, 9.17) is 4.74 Å². The fourth-order valence-electron chi connectivity index (χ4n) is 1.61. The monoisotopic (exact) mass is 310 g/mol. The van der Waals surface area contributed by atoms with Gasteiger partial charge in [0.05, 0.1) is 12.7 Å². The van der Waals surface area contributed by atoms with Crippen LogP contribution in [-0.2, 0) is 6.18 Å². The number of rotatable bonds is 4. The van der Waals surface area contributed by atoms with Crippen LogP contribution in [0.5, 0.6) is 5.75 Å². The van der Waals surface area contributed by atoms with E-state index in [0.717, 1.165) is 17.8 Å². The Morgan fingerprint density at radius 3 is 2.47 bits per heavy atom. The lowest BCUT2D eigenvalue weighted by Crippen LogP contribution is -2.07. The van der Waals surface area contributed by atoms with E-state index < -0.39 is 11.7 Å². The first kappa shape index (κ1) is 14.4. The van der Waals surface area contributed by atoms with Crippen molar-refractivity contribution >= 4 is 15.9 Å². The van der Waals surface area contributed by atoms with E-state index in [1.165, 1.54) is 19.2 Å². The molecule has 0 aliphatic rings. The van der Waals surface area contributed by atoms with Crippen molar-refractivity contribution in [2.75, 3.05) is 12.4 Å². The summed E-state index contributed by atoms with van der Waals surface area (Å²) in [5.74, 6) is 0.526. The number of ether oxygens (including phenoxy) is 1. The van der Waals surface area contributed by atoms with Gasteiger partial charge in [-0.1, -0.05) is 22.9 Å². The average Bonchev–Trinajstić information content (AvgIpc) is 2.27. The Bertz CT molecular complexity index is 377. The van der Waals surface area contributed by atoms with Gasteiger partial charge in [0.1, 0.15) is 5.75 Å². The molecule has 0 aliphatic heterocycles. The summed E-state index contributed by atoms with van der Waals surface area (Å²) >= 11 is 3.29. The fourth-order valence-corrected chi connectivity index (χ4v) is 2.30. The van der Waals surface area contributed by atoms with Gasteiger partial charge in [-0.25, -0.2) is 0 Å². The standard InChI is InChI=1S/C12H14BrF3O/c1-8(5-6-13)10-7-9(12(14,15)16)3-4-11(10)17-2/h3-4,7-8H,5-6H2,1-2H3. The average molecular weight is 311 g/mol. The molecule has 1 aromatic rings. The summed E-state index contributed by atoms with van der Waals surface area (Å²) in [5.41, 5.74) is -0.0310. The molecule has 0 fully saturated rings. The number of hydrogen-bond donors (Lipinski definition) is 0. The first-order valence-electron chi connectivity index (χ1n) is 5.21. The van der Waals surface area contributed by atoms with Crippen LogP contribution in [0.1, 0.15) is 30.4 Å². The molecular weight excluding hydrogens is 297 g/mol. The second-order valence-corrected chi connectivity index (χ2v) is 4.63. The van der Waals surface area contributed by atoms with E-state index in [0.29, 0.717) is 11.3 Å². The molecular formula is C12H14BrF3O. The summed E-state index contributed by atoms with van der Waals surface area (Å²) in [7, 11) is 1.47. The smallest absolute Gasteiger partial charge is 0.416 e.